The SMILES string of the molecule is Cn1nc(C#N)c2c1CSC2. The first-order chi connectivity index (χ1) is 5.33. The number of hydrogen-bond donors (Lipinski definition) is 0. The fraction of sp³-hybridized carbons (Fsp3) is 0.429. The molecule has 0 aliphatic carbocycles. The lowest BCUT2D eigenvalue weighted by molar-refractivity contribution is 0.733. The van der Waals surface area contributed by atoms with Gasteiger partial charge in [-0.25, -0.2) is 0 Å². The maximum atomic E-state index is 8.68. The summed E-state index contributed by atoms with van der Waals surface area (Å²) < 4.78 is 1.81. The fourth-order valence-corrected chi connectivity index (χ4v) is 2.44. The van der Waals surface area contributed by atoms with Crippen LogP contribution in [0.5, 0.6) is 0 Å². The summed E-state index contributed by atoms with van der Waals surface area (Å²) in [5.74, 6) is 1.95. The highest BCUT2D eigenvalue weighted by atomic mass is 32.2. The van der Waals surface area contributed by atoms with Gasteiger partial charge in [-0.3, -0.25) is 4.68 Å². The van der Waals surface area contributed by atoms with Crippen molar-refractivity contribution in [3.05, 3.63) is 17.0 Å². The van der Waals surface area contributed by atoms with Crippen LogP contribution in [0.3, 0.4) is 0 Å². The van der Waals surface area contributed by atoms with Crippen molar-refractivity contribution in [1.29, 1.82) is 5.26 Å². The minimum Gasteiger partial charge on any atom is -0.270 e. The van der Waals surface area contributed by atoms with Gasteiger partial charge in [0, 0.05) is 24.1 Å². The van der Waals surface area contributed by atoms with Crippen LogP contribution in [0.4, 0.5) is 0 Å². The second-order valence-electron chi connectivity index (χ2n) is 2.50. The Hall–Kier alpha value is -0.950. The van der Waals surface area contributed by atoms with E-state index in [1.165, 1.54) is 5.69 Å². The molecule has 0 fully saturated rings. The van der Waals surface area contributed by atoms with Crippen molar-refractivity contribution in [2.24, 2.45) is 7.05 Å². The van der Waals surface area contributed by atoms with Crippen molar-refractivity contribution in [2.75, 3.05) is 0 Å². The fourth-order valence-electron chi connectivity index (χ4n) is 1.27. The van der Waals surface area contributed by atoms with Gasteiger partial charge >= 0.3 is 0 Å². The van der Waals surface area contributed by atoms with Gasteiger partial charge in [0.25, 0.3) is 0 Å². The summed E-state index contributed by atoms with van der Waals surface area (Å²) in [6, 6.07) is 2.10. The highest BCUT2D eigenvalue weighted by Crippen LogP contribution is 2.31. The summed E-state index contributed by atoms with van der Waals surface area (Å²) in [6.07, 6.45) is 0. The van der Waals surface area contributed by atoms with Crippen LogP contribution in [0, 0.1) is 11.3 Å². The first-order valence-corrected chi connectivity index (χ1v) is 4.51. The summed E-state index contributed by atoms with van der Waals surface area (Å²) in [6.45, 7) is 0. The molecule has 1 aromatic heterocycles. The van der Waals surface area contributed by atoms with Crippen LogP contribution >= 0.6 is 11.8 Å². The van der Waals surface area contributed by atoms with Crippen LogP contribution in [0.2, 0.25) is 0 Å². The largest absolute Gasteiger partial charge is 0.270 e. The molecule has 0 saturated carbocycles. The van der Waals surface area contributed by atoms with Gasteiger partial charge < -0.3 is 0 Å². The third kappa shape index (κ3) is 0.847. The van der Waals surface area contributed by atoms with E-state index in [9.17, 15) is 0 Å². The average Bonchev–Trinajstić information content (AvgIpc) is 2.54. The van der Waals surface area contributed by atoms with E-state index in [0.29, 0.717) is 5.69 Å². The molecule has 0 aromatic carbocycles. The molecule has 0 saturated heterocycles. The first kappa shape index (κ1) is 6.74. The van der Waals surface area contributed by atoms with E-state index in [-0.39, 0.29) is 0 Å². The minimum atomic E-state index is 0.604. The van der Waals surface area contributed by atoms with E-state index in [1.54, 1.807) is 0 Å². The normalized spacial score (nSPS) is 14.5. The number of aromatic nitrogens is 2. The van der Waals surface area contributed by atoms with Crippen molar-refractivity contribution in [3.8, 4) is 6.07 Å². The minimum absolute atomic E-state index is 0.604. The number of hydrogen-bond acceptors (Lipinski definition) is 3. The molecular weight excluding hydrogens is 158 g/mol. The zero-order valence-electron chi connectivity index (χ0n) is 6.16. The molecule has 2 heterocycles. The standard InChI is InChI=1S/C7H7N3S/c1-10-7-4-11-3-5(7)6(2-8)9-10/h3-4H2,1H3. The molecule has 0 amide bonds. The van der Waals surface area contributed by atoms with Gasteiger partial charge in [-0.15, -0.1) is 0 Å². The van der Waals surface area contributed by atoms with E-state index in [1.807, 2.05) is 23.5 Å². The van der Waals surface area contributed by atoms with E-state index in [0.717, 1.165) is 17.1 Å². The zero-order chi connectivity index (χ0) is 7.84. The van der Waals surface area contributed by atoms with Crippen molar-refractivity contribution >= 4 is 11.8 Å². The lowest BCUT2D eigenvalue weighted by atomic mass is 10.2. The number of thioether (sulfide) groups is 1. The number of rotatable bonds is 0. The Bertz CT molecular complexity index is 334. The molecule has 0 spiro atoms. The van der Waals surface area contributed by atoms with Crippen molar-refractivity contribution in [3.63, 3.8) is 0 Å². The average molecular weight is 165 g/mol. The Morgan fingerprint density at radius 1 is 1.64 bits per heavy atom. The maximum absolute atomic E-state index is 8.68. The molecule has 11 heavy (non-hydrogen) atoms. The third-order valence-electron chi connectivity index (χ3n) is 1.87. The molecule has 4 heteroatoms. The molecule has 56 valence electrons. The second kappa shape index (κ2) is 2.28. The van der Waals surface area contributed by atoms with Gasteiger partial charge in [0.1, 0.15) is 6.07 Å². The van der Waals surface area contributed by atoms with Gasteiger partial charge in [-0.05, 0) is 0 Å². The van der Waals surface area contributed by atoms with E-state index >= 15 is 0 Å². The van der Waals surface area contributed by atoms with Crippen LogP contribution in [-0.4, -0.2) is 9.78 Å². The maximum Gasteiger partial charge on any atom is 0.166 e. The van der Waals surface area contributed by atoms with Crippen molar-refractivity contribution < 1.29 is 0 Å². The molecule has 1 aliphatic heterocycles. The number of fused-ring (bicyclic) bond motifs is 1. The highest BCUT2D eigenvalue weighted by molar-refractivity contribution is 7.98. The predicted octanol–water partition coefficient (Wildman–Crippen LogP) is 1.04. The van der Waals surface area contributed by atoms with Crippen LogP contribution in [0.25, 0.3) is 0 Å². The molecule has 0 unspecified atom stereocenters. The molecule has 3 nitrogen and oxygen atoms in total. The van der Waals surface area contributed by atoms with Crippen LogP contribution in [-0.2, 0) is 18.6 Å². The molecule has 1 aromatic rings. The molecule has 0 N–H and O–H groups in total. The number of nitrogens with zero attached hydrogens (tertiary/aromatic N) is 3. The Kier molecular flexibility index (Phi) is 1.40. The molecule has 0 atom stereocenters. The first-order valence-electron chi connectivity index (χ1n) is 3.35. The molecule has 2 rings (SSSR count). The lowest BCUT2D eigenvalue weighted by Gasteiger charge is -1.91. The van der Waals surface area contributed by atoms with E-state index < -0.39 is 0 Å². The van der Waals surface area contributed by atoms with Crippen molar-refractivity contribution in [2.45, 2.75) is 11.5 Å². The summed E-state index contributed by atoms with van der Waals surface area (Å²) >= 11 is 1.84. The Morgan fingerprint density at radius 2 is 2.45 bits per heavy atom. The highest BCUT2D eigenvalue weighted by Gasteiger charge is 2.20. The quantitative estimate of drug-likeness (QED) is 0.576. The van der Waals surface area contributed by atoms with Gasteiger partial charge in [0.05, 0.1) is 5.69 Å². The summed E-state index contributed by atoms with van der Waals surface area (Å²) in [5, 5.41) is 12.8. The third-order valence-corrected chi connectivity index (χ3v) is 2.84. The zero-order valence-corrected chi connectivity index (χ0v) is 6.98. The van der Waals surface area contributed by atoms with Gasteiger partial charge in [-0.2, -0.15) is 22.1 Å². The molecule has 1 aliphatic rings. The second-order valence-corrected chi connectivity index (χ2v) is 3.49. The van der Waals surface area contributed by atoms with Gasteiger partial charge in [0.2, 0.25) is 0 Å². The van der Waals surface area contributed by atoms with E-state index in [2.05, 4.69) is 11.2 Å². The monoisotopic (exact) mass is 165 g/mol. The smallest absolute Gasteiger partial charge is 0.166 e. The molecule has 0 bridgehead atoms. The van der Waals surface area contributed by atoms with E-state index in [4.69, 9.17) is 5.26 Å². The van der Waals surface area contributed by atoms with Crippen LogP contribution in [0.1, 0.15) is 17.0 Å². The summed E-state index contributed by atoms with van der Waals surface area (Å²) in [4.78, 5) is 0. The topological polar surface area (TPSA) is 41.6 Å². The predicted molar refractivity (Wildman–Crippen MR) is 42.9 cm³/mol. The van der Waals surface area contributed by atoms with Crippen LogP contribution < -0.4 is 0 Å². The Labute approximate surface area is 69.0 Å². The Balaban J connectivity index is 2.63. The Morgan fingerprint density at radius 3 is 3.18 bits per heavy atom. The molecule has 0 radical (unpaired) electrons. The lowest BCUT2D eigenvalue weighted by Crippen LogP contribution is -1.94. The molecular formula is C7H7N3S. The van der Waals surface area contributed by atoms with Crippen molar-refractivity contribution in [1.82, 2.24) is 9.78 Å². The number of nitriles is 1. The summed E-state index contributed by atoms with van der Waals surface area (Å²) in [5.41, 5.74) is 2.96. The van der Waals surface area contributed by atoms with Crippen LogP contribution in [0.15, 0.2) is 0 Å². The summed E-state index contributed by atoms with van der Waals surface area (Å²) in [7, 11) is 1.89. The number of aryl methyl sites for hydroxylation is 1. The van der Waals surface area contributed by atoms with Gasteiger partial charge in [-0.1, -0.05) is 0 Å². The van der Waals surface area contributed by atoms with Gasteiger partial charge in [0.15, 0.2) is 5.69 Å².